The van der Waals surface area contributed by atoms with E-state index in [1.807, 2.05) is 18.2 Å². The fourth-order valence-corrected chi connectivity index (χ4v) is 3.30. The van der Waals surface area contributed by atoms with Crippen molar-refractivity contribution in [1.82, 2.24) is 10.6 Å². The number of aliphatic hydroxyl groups is 1. The first-order valence-corrected chi connectivity index (χ1v) is 7.49. The summed E-state index contributed by atoms with van der Waals surface area (Å²) in [5, 5.41) is 16.5. The highest BCUT2D eigenvalue weighted by Gasteiger charge is 2.33. The third kappa shape index (κ3) is 2.72. The summed E-state index contributed by atoms with van der Waals surface area (Å²) in [6, 6.07) is 7.79. The molecule has 1 atom stereocenters. The van der Waals surface area contributed by atoms with E-state index in [0.29, 0.717) is 6.54 Å². The Morgan fingerprint density at radius 1 is 1.35 bits per heavy atom. The van der Waals surface area contributed by atoms with Gasteiger partial charge in [0, 0.05) is 13.1 Å². The molecular formula is C16H22N2O2. The van der Waals surface area contributed by atoms with E-state index in [1.54, 1.807) is 0 Å². The molecule has 1 unspecified atom stereocenters. The van der Waals surface area contributed by atoms with Gasteiger partial charge in [-0.25, -0.2) is 0 Å². The Kier molecular flexibility index (Phi) is 3.76. The molecule has 0 aromatic heterocycles. The molecule has 1 aromatic rings. The Labute approximate surface area is 119 Å². The number of hydrogen-bond donors (Lipinski definition) is 3. The smallest absolute Gasteiger partial charge is 0.241 e. The van der Waals surface area contributed by atoms with Crippen molar-refractivity contribution in [1.29, 1.82) is 0 Å². The molecular weight excluding hydrogens is 252 g/mol. The normalized spacial score (nSPS) is 24.1. The molecule has 2 aliphatic rings. The lowest BCUT2D eigenvalue weighted by Crippen LogP contribution is -2.46. The Balaban J connectivity index is 1.66. The van der Waals surface area contributed by atoms with Gasteiger partial charge >= 0.3 is 0 Å². The first-order chi connectivity index (χ1) is 9.68. The van der Waals surface area contributed by atoms with Crippen LogP contribution in [-0.2, 0) is 11.2 Å². The van der Waals surface area contributed by atoms with Crippen molar-refractivity contribution in [3.8, 4) is 0 Å². The second-order valence-electron chi connectivity index (χ2n) is 5.99. The highest BCUT2D eigenvalue weighted by atomic mass is 16.3. The summed E-state index contributed by atoms with van der Waals surface area (Å²) in [5.74, 6) is -0.0301. The summed E-state index contributed by atoms with van der Waals surface area (Å²) in [5.41, 5.74) is 1.62. The van der Waals surface area contributed by atoms with Crippen molar-refractivity contribution in [2.45, 2.75) is 43.7 Å². The molecule has 3 N–H and O–H groups in total. The van der Waals surface area contributed by atoms with Crippen LogP contribution in [0.4, 0.5) is 0 Å². The number of nitrogens with one attached hydrogen (secondary N) is 2. The number of hydrogen-bond acceptors (Lipinski definition) is 3. The number of rotatable bonds is 3. The maximum Gasteiger partial charge on any atom is 0.241 e. The SMILES string of the molecule is O=C(NCC1(O)CCCC1)C1NCCc2ccccc21. The van der Waals surface area contributed by atoms with E-state index < -0.39 is 5.60 Å². The molecule has 108 valence electrons. The first kappa shape index (κ1) is 13.6. The Hall–Kier alpha value is -1.39. The molecule has 0 radical (unpaired) electrons. The van der Waals surface area contributed by atoms with Crippen LogP contribution >= 0.6 is 0 Å². The zero-order valence-electron chi connectivity index (χ0n) is 11.7. The Morgan fingerprint density at radius 3 is 2.90 bits per heavy atom. The Bertz CT molecular complexity index is 495. The van der Waals surface area contributed by atoms with E-state index in [9.17, 15) is 9.90 Å². The van der Waals surface area contributed by atoms with Crippen LogP contribution in [0.5, 0.6) is 0 Å². The lowest BCUT2D eigenvalue weighted by atomic mass is 9.93. The van der Waals surface area contributed by atoms with Gasteiger partial charge in [-0.2, -0.15) is 0 Å². The highest BCUT2D eigenvalue weighted by molar-refractivity contribution is 5.84. The maximum absolute atomic E-state index is 12.4. The zero-order chi connectivity index (χ0) is 14.0. The highest BCUT2D eigenvalue weighted by Crippen LogP contribution is 2.29. The maximum atomic E-state index is 12.4. The quantitative estimate of drug-likeness (QED) is 0.778. The number of carbonyl (C=O) groups excluding carboxylic acids is 1. The van der Waals surface area contributed by atoms with Crippen LogP contribution in [0.15, 0.2) is 24.3 Å². The molecule has 1 saturated carbocycles. The number of benzene rings is 1. The minimum Gasteiger partial charge on any atom is -0.388 e. The van der Waals surface area contributed by atoms with Crippen molar-refractivity contribution < 1.29 is 9.90 Å². The van der Waals surface area contributed by atoms with Crippen LogP contribution in [0.3, 0.4) is 0 Å². The van der Waals surface area contributed by atoms with Gasteiger partial charge < -0.3 is 15.7 Å². The fourth-order valence-electron chi connectivity index (χ4n) is 3.30. The minimum absolute atomic E-state index is 0.0301. The predicted molar refractivity (Wildman–Crippen MR) is 77.3 cm³/mol. The summed E-state index contributed by atoms with van der Waals surface area (Å²) in [7, 11) is 0. The van der Waals surface area contributed by atoms with Gasteiger partial charge in [0.05, 0.1) is 5.60 Å². The van der Waals surface area contributed by atoms with Crippen molar-refractivity contribution in [2.75, 3.05) is 13.1 Å². The van der Waals surface area contributed by atoms with E-state index in [1.165, 1.54) is 5.56 Å². The van der Waals surface area contributed by atoms with Crippen LogP contribution in [0.25, 0.3) is 0 Å². The van der Waals surface area contributed by atoms with Crippen LogP contribution < -0.4 is 10.6 Å². The third-order valence-corrected chi connectivity index (χ3v) is 4.50. The lowest BCUT2D eigenvalue weighted by molar-refractivity contribution is -0.124. The van der Waals surface area contributed by atoms with Gasteiger partial charge in [-0.15, -0.1) is 0 Å². The number of carbonyl (C=O) groups is 1. The van der Waals surface area contributed by atoms with Gasteiger partial charge in [0.25, 0.3) is 0 Å². The van der Waals surface area contributed by atoms with Gasteiger partial charge in [-0.3, -0.25) is 4.79 Å². The molecule has 4 nitrogen and oxygen atoms in total. The second kappa shape index (κ2) is 5.54. The molecule has 0 saturated heterocycles. The largest absolute Gasteiger partial charge is 0.388 e. The number of amides is 1. The zero-order valence-corrected chi connectivity index (χ0v) is 11.7. The van der Waals surface area contributed by atoms with E-state index in [0.717, 1.165) is 44.2 Å². The second-order valence-corrected chi connectivity index (χ2v) is 5.99. The monoisotopic (exact) mass is 274 g/mol. The van der Waals surface area contributed by atoms with Crippen LogP contribution in [0.2, 0.25) is 0 Å². The van der Waals surface area contributed by atoms with Gasteiger partial charge in [0.2, 0.25) is 5.91 Å². The summed E-state index contributed by atoms with van der Waals surface area (Å²) in [6.45, 7) is 1.19. The summed E-state index contributed by atoms with van der Waals surface area (Å²) >= 11 is 0. The van der Waals surface area contributed by atoms with E-state index in [-0.39, 0.29) is 11.9 Å². The van der Waals surface area contributed by atoms with Gasteiger partial charge in [0.1, 0.15) is 6.04 Å². The molecule has 1 aliphatic carbocycles. The molecule has 1 aromatic carbocycles. The van der Waals surface area contributed by atoms with Crippen molar-refractivity contribution in [2.24, 2.45) is 0 Å². The predicted octanol–water partition coefficient (Wildman–Crippen LogP) is 1.29. The van der Waals surface area contributed by atoms with E-state index >= 15 is 0 Å². The standard InChI is InChI=1S/C16H22N2O2/c19-15(18-11-16(20)8-3-4-9-16)14-13-6-2-1-5-12(13)7-10-17-14/h1-2,5-6,14,17,20H,3-4,7-11H2,(H,18,19). The van der Waals surface area contributed by atoms with Crippen molar-refractivity contribution in [3.05, 3.63) is 35.4 Å². The average Bonchev–Trinajstić information content (AvgIpc) is 2.91. The van der Waals surface area contributed by atoms with Gasteiger partial charge in [0.15, 0.2) is 0 Å². The number of fused-ring (bicyclic) bond motifs is 1. The average molecular weight is 274 g/mol. The van der Waals surface area contributed by atoms with Crippen LogP contribution in [0.1, 0.15) is 42.9 Å². The summed E-state index contributed by atoms with van der Waals surface area (Å²) in [6.07, 6.45) is 4.65. The third-order valence-electron chi connectivity index (χ3n) is 4.50. The minimum atomic E-state index is -0.691. The Morgan fingerprint density at radius 2 is 2.10 bits per heavy atom. The molecule has 1 fully saturated rings. The summed E-state index contributed by atoms with van der Waals surface area (Å²) in [4.78, 5) is 12.4. The molecule has 0 spiro atoms. The van der Waals surface area contributed by atoms with Crippen molar-refractivity contribution in [3.63, 3.8) is 0 Å². The lowest BCUT2D eigenvalue weighted by Gasteiger charge is -2.28. The molecule has 4 heteroatoms. The van der Waals surface area contributed by atoms with Crippen LogP contribution in [0, 0.1) is 0 Å². The van der Waals surface area contributed by atoms with Gasteiger partial charge in [-0.05, 0) is 30.4 Å². The van der Waals surface area contributed by atoms with Crippen molar-refractivity contribution >= 4 is 5.91 Å². The summed E-state index contributed by atoms with van der Waals surface area (Å²) < 4.78 is 0. The van der Waals surface area contributed by atoms with Gasteiger partial charge in [-0.1, -0.05) is 37.1 Å². The molecule has 0 bridgehead atoms. The molecule has 1 amide bonds. The topological polar surface area (TPSA) is 61.4 Å². The molecule has 3 rings (SSSR count). The van der Waals surface area contributed by atoms with Crippen LogP contribution in [-0.4, -0.2) is 29.7 Å². The molecule has 1 aliphatic heterocycles. The first-order valence-electron chi connectivity index (χ1n) is 7.49. The van der Waals surface area contributed by atoms with E-state index in [4.69, 9.17) is 0 Å². The fraction of sp³-hybridized carbons (Fsp3) is 0.562. The van der Waals surface area contributed by atoms with E-state index in [2.05, 4.69) is 16.7 Å². The molecule has 20 heavy (non-hydrogen) atoms. The molecule has 1 heterocycles.